The second-order valence-corrected chi connectivity index (χ2v) is 18.5. The quantitative estimate of drug-likeness (QED) is 0.0354. The van der Waals surface area contributed by atoms with Gasteiger partial charge in [0.25, 0.3) is 0 Å². The van der Waals surface area contributed by atoms with Crippen LogP contribution in [0, 0.1) is 0 Å². The van der Waals surface area contributed by atoms with Crippen LogP contribution in [0.3, 0.4) is 0 Å². The van der Waals surface area contributed by atoms with Gasteiger partial charge in [-0.15, -0.1) is 0 Å². The number of aliphatic hydroxyl groups excluding tert-OH is 16. The fourth-order valence-corrected chi connectivity index (χ4v) is 8.94. The Morgan fingerprint density at radius 1 is 0.557 bits per heavy atom. The van der Waals surface area contributed by atoms with Crippen molar-refractivity contribution in [3.63, 3.8) is 0 Å². The van der Waals surface area contributed by atoms with Crippen LogP contribution in [0.5, 0.6) is 0 Å². The second kappa shape index (κ2) is 26.3. The molecule has 19 N–H and O–H groups in total. The van der Waals surface area contributed by atoms with E-state index in [1.807, 2.05) is 0 Å². The van der Waals surface area contributed by atoms with Crippen LogP contribution in [-0.4, -0.2) is 305 Å². The monoisotopic (exact) mass is 1050 g/mol. The van der Waals surface area contributed by atoms with E-state index in [-0.39, 0.29) is 0 Å². The Bertz CT molecular complexity index is 1650. The molecule has 70 heavy (non-hydrogen) atoms. The molecule has 32 nitrogen and oxygen atoms in total. The summed E-state index contributed by atoms with van der Waals surface area (Å²) in [6.45, 7) is -4.10. The molecule has 0 aromatic rings. The van der Waals surface area contributed by atoms with Crippen LogP contribution >= 0.6 is 7.82 Å². The highest BCUT2D eigenvalue weighted by Gasteiger charge is 2.57. The smallest absolute Gasteiger partial charge is 0.394 e. The highest BCUT2D eigenvalue weighted by molar-refractivity contribution is 7.47. The molecule has 5 heterocycles. The predicted molar refractivity (Wildman–Crippen MR) is 217 cm³/mol. The summed E-state index contributed by atoms with van der Waals surface area (Å²) in [7, 11) is -4.79. The number of hydrogen-bond donors (Lipinski definition) is 19. The molecule has 3 unspecified atom stereocenters. The van der Waals surface area contributed by atoms with Crippen LogP contribution in [0.15, 0.2) is 0 Å². The largest absolute Gasteiger partial charge is 0.472 e. The van der Waals surface area contributed by atoms with Crippen molar-refractivity contribution in [2.45, 2.75) is 173 Å². The molecule has 0 aliphatic carbocycles. The zero-order valence-corrected chi connectivity index (χ0v) is 38.4. The maximum atomic E-state index is 12.5. The summed E-state index contributed by atoms with van der Waals surface area (Å²) in [5.74, 6) is -0.823. The van der Waals surface area contributed by atoms with E-state index in [1.165, 1.54) is 6.92 Å². The van der Waals surface area contributed by atoms with Crippen LogP contribution < -0.4 is 10.6 Å². The summed E-state index contributed by atoms with van der Waals surface area (Å²) in [5, 5.41) is 173. The number of carbonyl (C=O) groups is 1. The van der Waals surface area contributed by atoms with Crippen LogP contribution in [-0.2, 0) is 61.0 Å². The molecule has 1 amide bonds. The second-order valence-electron chi connectivity index (χ2n) is 17.1. The minimum Gasteiger partial charge on any atom is -0.394 e. The maximum Gasteiger partial charge on any atom is 0.472 e. The van der Waals surface area contributed by atoms with Gasteiger partial charge in [-0.05, 0) is 6.92 Å². The summed E-state index contributed by atoms with van der Waals surface area (Å²) in [6.07, 6.45) is -45.3. The van der Waals surface area contributed by atoms with Crippen molar-refractivity contribution >= 4 is 13.7 Å². The van der Waals surface area contributed by atoms with E-state index < -0.39 is 226 Å². The average molecular weight is 1050 g/mol. The Kier molecular flexibility index (Phi) is 22.4. The summed E-state index contributed by atoms with van der Waals surface area (Å²) < 4.78 is 73.6. The standard InChI is InChI=1S/C37H67N2O30P/c1-11-19(47)23(51)25(53)35(61-11)69-32-27(55)33(38-3-4-59-70(57,58)60-10-13(46)5-40)62-17(9-44)30(32)67-37-28(56)31(21(49)15(7-42)64-37)68-34-18(39-12(2)45)22(50)29(16(8-43)65-34)66-36-26(54)24(52)20(48)14(6-41)63-36/h11,13-38,40-44,46-56H,3-10H2,1-2H3,(H,39,45)(H,57,58)/t11-,13?,14+,15+,16+,17+,18+,19+,20-,21-,22+,23+,24-,25-,26+,27+,28+,29+,30+,31-,32+,33?,34-,35-,36-,37-/m0/s1. The molecule has 5 fully saturated rings. The SMILES string of the molecule is CC(=O)N[C@H]1[C@H](O[C@H]2[C@@H](O)[C@@H](CO)O[C@@H](O[C@H]3[C@H](O[C@@H]4O[C@@H](C)[C@@H](O)[C@@H](O)[C@@H]4O)[C@@H](O)C(NCCOP(=O)(O)OCC(O)CO)O[C@@H]3CO)[C@@H]2O)O[C@H](CO)[C@@H](O[C@@H]2O[C@H](CO)[C@H](O)[C@H](O)[C@H]2O)[C@@H]1O. The normalized spacial score (nSPS) is 46.2. The molecule has 410 valence electrons. The lowest BCUT2D eigenvalue weighted by atomic mass is 9.94. The molecule has 0 spiro atoms. The number of aliphatic hydroxyl groups is 16. The lowest BCUT2D eigenvalue weighted by Gasteiger charge is -2.50. The van der Waals surface area contributed by atoms with E-state index >= 15 is 0 Å². The minimum absolute atomic E-state index is 0.409. The molecule has 33 heteroatoms. The number of phosphoric ester groups is 1. The Morgan fingerprint density at radius 3 is 1.64 bits per heavy atom. The van der Waals surface area contributed by atoms with Gasteiger partial charge in [0.1, 0.15) is 128 Å². The van der Waals surface area contributed by atoms with E-state index in [0.717, 1.165) is 6.92 Å². The van der Waals surface area contributed by atoms with Gasteiger partial charge in [-0.1, -0.05) is 0 Å². The van der Waals surface area contributed by atoms with E-state index in [2.05, 4.69) is 15.2 Å². The topological polar surface area (TPSA) is 504 Å². The first-order valence-corrected chi connectivity index (χ1v) is 23.6. The van der Waals surface area contributed by atoms with E-state index in [9.17, 15) is 90.9 Å². The number of carbonyl (C=O) groups excluding carboxylic acids is 1. The molecular weight excluding hydrogens is 983 g/mol. The third-order valence-corrected chi connectivity index (χ3v) is 13.0. The molecule has 27 atom stereocenters. The lowest BCUT2D eigenvalue weighted by molar-refractivity contribution is -0.385. The van der Waals surface area contributed by atoms with Gasteiger partial charge >= 0.3 is 7.82 Å². The van der Waals surface area contributed by atoms with Crippen molar-refractivity contribution in [3.05, 3.63) is 0 Å². The summed E-state index contributed by atoms with van der Waals surface area (Å²) in [6, 6.07) is -1.73. The highest BCUT2D eigenvalue weighted by atomic mass is 31.2. The predicted octanol–water partition coefficient (Wildman–Crippen LogP) is -11.7. The van der Waals surface area contributed by atoms with Gasteiger partial charge in [0.2, 0.25) is 5.91 Å². The van der Waals surface area contributed by atoms with Crippen molar-refractivity contribution in [1.29, 1.82) is 0 Å². The number of nitrogens with one attached hydrogen (secondary N) is 2. The molecule has 5 saturated heterocycles. The number of phosphoric acid groups is 1. The van der Waals surface area contributed by atoms with Gasteiger partial charge in [-0.25, -0.2) is 4.57 Å². The van der Waals surface area contributed by atoms with Gasteiger partial charge in [0.15, 0.2) is 25.2 Å². The van der Waals surface area contributed by atoms with Crippen molar-refractivity contribution in [1.82, 2.24) is 10.6 Å². The zero-order valence-electron chi connectivity index (χ0n) is 37.5. The molecule has 0 aromatic carbocycles. The van der Waals surface area contributed by atoms with Crippen molar-refractivity contribution in [3.8, 4) is 0 Å². The minimum atomic E-state index is -4.79. The van der Waals surface area contributed by atoms with Gasteiger partial charge in [0, 0.05) is 13.5 Å². The average Bonchev–Trinajstić information content (AvgIpc) is 3.33. The van der Waals surface area contributed by atoms with Crippen molar-refractivity contribution < 1.29 is 148 Å². The fourth-order valence-electron chi connectivity index (χ4n) is 8.19. The van der Waals surface area contributed by atoms with Gasteiger partial charge in [0.05, 0.1) is 52.4 Å². The van der Waals surface area contributed by atoms with E-state index in [0.29, 0.717) is 0 Å². The van der Waals surface area contributed by atoms with Crippen LogP contribution in [0.25, 0.3) is 0 Å². The molecule has 5 aliphatic heterocycles. The number of rotatable bonds is 22. The molecule has 0 radical (unpaired) electrons. The molecule has 0 saturated carbocycles. The molecular formula is C37H67N2O30P. The molecule has 0 bridgehead atoms. The first kappa shape index (κ1) is 59.4. The fraction of sp³-hybridized carbons (Fsp3) is 0.973. The number of hydrogen-bond acceptors (Lipinski definition) is 30. The molecule has 5 aliphatic rings. The Balaban J connectivity index is 1.38. The maximum absolute atomic E-state index is 12.5. The van der Waals surface area contributed by atoms with Gasteiger partial charge in [-0.3, -0.25) is 19.2 Å². The third-order valence-electron chi connectivity index (χ3n) is 12.0. The van der Waals surface area contributed by atoms with Crippen LogP contribution in [0.2, 0.25) is 0 Å². The number of ether oxygens (including phenoxy) is 9. The van der Waals surface area contributed by atoms with Crippen molar-refractivity contribution in [2.75, 3.05) is 52.8 Å². The lowest BCUT2D eigenvalue weighted by Crippen LogP contribution is -2.70. The Hall–Kier alpha value is -1.46. The summed E-state index contributed by atoms with van der Waals surface area (Å²) in [4.78, 5) is 22.4. The molecule has 5 rings (SSSR count). The van der Waals surface area contributed by atoms with Crippen LogP contribution in [0.4, 0.5) is 0 Å². The molecule has 0 aromatic heterocycles. The summed E-state index contributed by atoms with van der Waals surface area (Å²) in [5.41, 5.74) is 0. The van der Waals surface area contributed by atoms with Crippen molar-refractivity contribution in [2.24, 2.45) is 0 Å². The zero-order chi connectivity index (χ0) is 51.9. The first-order valence-electron chi connectivity index (χ1n) is 22.1. The Labute approximate surface area is 397 Å². The first-order chi connectivity index (χ1) is 33.0. The number of amides is 1. The third kappa shape index (κ3) is 14.1. The Morgan fingerprint density at radius 2 is 1.06 bits per heavy atom. The van der Waals surface area contributed by atoms with Gasteiger partial charge in [-0.2, -0.15) is 0 Å². The summed E-state index contributed by atoms with van der Waals surface area (Å²) >= 11 is 0. The highest BCUT2D eigenvalue weighted by Crippen LogP contribution is 2.43. The van der Waals surface area contributed by atoms with Crippen LogP contribution in [0.1, 0.15) is 13.8 Å². The van der Waals surface area contributed by atoms with E-state index in [4.69, 9.17) is 52.3 Å². The van der Waals surface area contributed by atoms with Gasteiger partial charge < -0.3 is 135 Å². The van der Waals surface area contributed by atoms with E-state index in [1.54, 1.807) is 0 Å².